The highest BCUT2D eigenvalue weighted by molar-refractivity contribution is 6.03. The Hall–Kier alpha value is -4.12. The molecule has 45 heavy (non-hydrogen) atoms. The van der Waals surface area contributed by atoms with Gasteiger partial charge in [-0.2, -0.15) is 0 Å². The van der Waals surface area contributed by atoms with Crippen molar-refractivity contribution in [2.24, 2.45) is 5.92 Å². The van der Waals surface area contributed by atoms with Crippen molar-refractivity contribution in [3.8, 4) is 5.75 Å². The van der Waals surface area contributed by atoms with Crippen LogP contribution in [0.1, 0.15) is 61.9 Å². The number of carbonyl (C=O) groups is 6. The van der Waals surface area contributed by atoms with Crippen LogP contribution in [0.25, 0.3) is 0 Å². The van der Waals surface area contributed by atoms with Crippen LogP contribution in [-0.2, 0) is 40.1 Å². The Balaban J connectivity index is 1.52. The fourth-order valence-corrected chi connectivity index (χ4v) is 4.78. The molecular formula is C29H39N3O13. The van der Waals surface area contributed by atoms with Gasteiger partial charge in [0.1, 0.15) is 30.7 Å². The Morgan fingerprint density at radius 2 is 1.71 bits per heavy atom. The number of likely N-dealkylation sites (tertiary alicyclic amines) is 1. The molecule has 1 aromatic carbocycles. The largest absolute Gasteiger partial charge is 0.479 e. The zero-order chi connectivity index (χ0) is 33.3. The predicted molar refractivity (Wildman–Crippen MR) is 151 cm³/mol. The highest BCUT2D eigenvalue weighted by atomic mass is 16.7. The number of amides is 4. The van der Waals surface area contributed by atoms with Gasteiger partial charge in [0.2, 0.25) is 24.0 Å². The Kier molecular flexibility index (Phi) is 12.8. The first-order valence-electron chi connectivity index (χ1n) is 14.5. The van der Waals surface area contributed by atoms with Crippen molar-refractivity contribution >= 4 is 35.6 Å². The fraction of sp³-hybridized carbons (Fsp3) is 0.586. The lowest BCUT2D eigenvalue weighted by atomic mass is 9.99. The Morgan fingerprint density at radius 1 is 1.00 bits per heavy atom. The zero-order valence-corrected chi connectivity index (χ0v) is 25.0. The molecule has 2 aliphatic heterocycles. The average molecular weight is 638 g/mol. The molecule has 0 aromatic heterocycles. The smallest absolute Gasteiger partial charge is 0.335 e. The van der Waals surface area contributed by atoms with Crippen molar-refractivity contribution in [2.45, 2.75) is 83.3 Å². The van der Waals surface area contributed by atoms with E-state index < -0.39 is 48.6 Å². The zero-order valence-electron chi connectivity index (χ0n) is 25.0. The minimum Gasteiger partial charge on any atom is -0.479 e. The highest BCUT2D eigenvalue weighted by Gasteiger charge is 2.48. The van der Waals surface area contributed by atoms with Gasteiger partial charge in [-0.05, 0) is 30.5 Å². The number of aliphatic hydroxyl groups excluding tert-OH is 3. The van der Waals surface area contributed by atoms with Crippen LogP contribution in [0.2, 0.25) is 0 Å². The van der Waals surface area contributed by atoms with Gasteiger partial charge in [-0.25, -0.2) is 4.79 Å². The van der Waals surface area contributed by atoms with Crippen molar-refractivity contribution in [1.29, 1.82) is 0 Å². The number of esters is 1. The number of rotatable bonds is 15. The number of carboxylic acids is 1. The Morgan fingerprint density at radius 3 is 2.36 bits per heavy atom. The number of nitrogens with one attached hydrogen (secondary N) is 2. The molecule has 2 saturated heterocycles. The van der Waals surface area contributed by atoms with Gasteiger partial charge in [0.05, 0.1) is 5.56 Å². The molecule has 4 amide bonds. The summed E-state index contributed by atoms with van der Waals surface area (Å²) in [6.07, 6.45) is -7.18. The number of hydrogen-bond acceptors (Lipinski definition) is 12. The summed E-state index contributed by atoms with van der Waals surface area (Å²) in [5.41, 5.74) is 0.284. The van der Waals surface area contributed by atoms with E-state index >= 15 is 0 Å². The van der Waals surface area contributed by atoms with Gasteiger partial charge in [0, 0.05) is 45.3 Å². The van der Waals surface area contributed by atoms with Crippen LogP contribution in [0.15, 0.2) is 18.2 Å². The molecule has 0 spiro atoms. The molecule has 6 atom stereocenters. The Bertz CT molecular complexity index is 1270. The summed E-state index contributed by atoms with van der Waals surface area (Å²) < 4.78 is 15.7. The molecule has 2 heterocycles. The van der Waals surface area contributed by atoms with Crippen LogP contribution >= 0.6 is 0 Å². The van der Waals surface area contributed by atoms with E-state index in [9.17, 15) is 49.2 Å². The standard InChI is InChI=1S/C29H39N3O13/c1-15-12-21(35)32(27(15)40)11-5-3-4-6-20(34)30-9-10-31-26(39)18-13-17(14-43-16(2)33)7-8-19(18)44-29-24(38)22(36)23(37)25(45-29)28(41)42/h7-8,13,15,22-25,29,36-38H,3-6,9-12,14H2,1-2H3,(H,30,34)(H,31,39)(H,41,42)/t15?,22-,23-,24+,25-,29+/m0/s1. The maximum Gasteiger partial charge on any atom is 0.335 e. The SMILES string of the molecule is CC(=O)OCc1ccc(O[C@@H]2O[C@H](C(=O)O)[C@@H](O)[C@H](O)[C@H]2O)c(C(=O)NCCNC(=O)CCCCCN2C(=O)CC(C)C2=O)c1. The van der Waals surface area contributed by atoms with Gasteiger partial charge in [-0.1, -0.05) is 19.4 Å². The van der Waals surface area contributed by atoms with Crippen molar-refractivity contribution < 1.29 is 63.4 Å². The van der Waals surface area contributed by atoms with Gasteiger partial charge >= 0.3 is 11.9 Å². The topological polar surface area (TPSA) is 238 Å². The predicted octanol–water partition coefficient (Wildman–Crippen LogP) is -1.18. The third kappa shape index (κ3) is 9.68. The molecule has 2 fully saturated rings. The molecule has 2 aliphatic rings. The molecule has 16 nitrogen and oxygen atoms in total. The molecule has 0 radical (unpaired) electrons. The van der Waals surface area contributed by atoms with Crippen molar-refractivity contribution in [3.63, 3.8) is 0 Å². The molecule has 3 rings (SSSR count). The van der Waals surface area contributed by atoms with Crippen LogP contribution < -0.4 is 15.4 Å². The number of carbonyl (C=O) groups excluding carboxylic acids is 5. The maximum atomic E-state index is 13.1. The first-order valence-corrected chi connectivity index (χ1v) is 14.5. The summed E-state index contributed by atoms with van der Waals surface area (Å²) in [6.45, 7) is 3.17. The summed E-state index contributed by atoms with van der Waals surface area (Å²) in [7, 11) is 0. The minimum atomic E-state index is -1.93. The van der Waals surface area contributed by atoms with Crippen molar-refractivity contribution in [3.05, 3.63) is 29.3 Å². The van der Waals surface area contributed by atoms with Crippen LogP contribution in [0.5, 0.6) is 5.75 Å². The lowest BCUT2D eigenvalue weighted by Gasteiger charge is -2.38. The fourth-order valence-electron chi connectivity index (χ4n) is 4.78. The Labute approximate surface area is 258 Å². The van der Waals surface area contributed by atoms with Crippen LogP contribution in [0.4, 0.5) is 0 Å². The number of hydrogen-bond donors (Lipinski definition) is 6. The van der Waals surface area contributed by atoms with Gasteiger partial charge in [-0.15, -0.1) is 0 Å². The van der Waals surface area contributed by atoms with Crippen LogP contribution in [0.3, 0.4) is 0 Å². The molecule has 1 aromatic rings. The van der Waals surface area contributed by atoms with Gasteiger partial charge < -0.3 is 45.3 Å². The summed E-state index contributed by atoms with van der Waals surface area (Å²) >= 11 is 0. The maximum absolute atomic E-state index is 13.1. The lowest BCUT2D eigenvalue weighted by molar-refractivity contribution is -0.271. The number of aliphatic carboxylic acids is 1. The number of benzene rings is 1. The number of nitrogens with zero attached hydrogens (tertiary/aromatic N) is 1. The summed E-state index contributed by atoms with van der Waals surface area (Å²) in [6, 6.07) is 4.09. The normalized spacial score (nSPS) is 24.7. The van der Waals surface area contributed by atoms with Crippen molar-refractivity contribution in [2.75, 3.05) is 19.6 Å². The molecule has 1 unspecified atom stereocenters. The second-order valence-electron chi connectivity index (χ2n) is 10.9. The molecule has 6 N–H and O–H groups in total. The first kappa shape index (κ1) is 35.4. The molecule has 0 aliphatic carbocycles. The average Bonchev–Trinajstić information content (AvgIpc) is 3.23. The van der Waals surface area contributed by atoms with E-state index in [1.807, 2.05) is 0 Å². The van der Waals surface area contributed by atoms with E-state index in [1.165, 1.54) is 30.0 Å². The second kappa shape index (κ2) is 16.3. The van der Waals surface area contributed by atoms with E-state index in [0.29, 0.717) is 31.4 Å². The number of imide groups is 1. The second-order valence-corrected chi connectivity index (χ2v) is 10.9. The first-order chi connectivity index (χ1) is 21.3. The monoisotopic (exact) mass is 637 g/mol. The van der Waals surface area contributed by atoms with Gasteiger partial charge in [0.25, 0.3) is 5.91 Å². The number of carboxylic acid groups (broad SMARTS) is 1. The van der Waals surface area contributed by atoms with E-state index in [1.54, 1.807) is 6.92 Å². The van der Waals surface area contributed by atoms with Gasteiger partial charge in [-0.3, -0.25) is 28.9 Å². The van der Waals surface area contributed by atoms with Crippen LogP contribution in [-0.4, -0.2) is 111 Å². The number of aliphatic hydroxyl groups is 3. The molecule has 16 heteroatoms. The molecule has 0 saturated carbocycles. The molecular weight excluding hydrogens is 598 g/mol. The minimum absolute atomic E-state index is 0.00407. The summed E-state index contributed by atoms with van der Waals surface area (Å²) in [5, 5.41) is 44.9. The van der Waals surface area contributed by atoms with E-state index in [4.69, 9.17) is 14.2 Å². The lowest BCUT2D eigenvalue weighted by Crippen LogP contribution is -2.61. The van der Waals surface area contributed by atoms with E-state index in [2.05, 4.69) is 10.6 Å². The molecule has 248 valence electrons. The highest BCUT2D eigenvalue weighted by Crippen LogP contribution is 2.28. The number of unbranched alkanes of at least 4 members (excludes halogenated alkanes) is 2. The quantitative estimate of drug-likeness (QED) is 0.0755. The van der Waals surface area contributed by atoms with E-state index in [-0.39, 0.29) is 67.5 Å². The van der Waals surface area contributed by atoms with Crippen molar-refractivity contribution in [1.82, 2.24) is 15.5 Å². The van der Waals surface area contributed by atoms with E-state index in [0.717, 1.165) is 0 Å². The van der Waals surface area contributed by atoms with Gasteiger partial charge in [0.15, 0.2) is 6.10 Å². The third-order valence-corrected chi connectivity index (χ3v) is 7.27. The summed E-state index contributed by atoms with van der Waals surface area (Å²) in [4.78, 5) is 73.0. The number of ether oxygens (including phenoxy) is 3. The van der Waals surface area contributed by atoms with Crippen LogP contribution in [0, 0.1) is 5.92 Å². The third-order valence-electron chi connectivity index (χ3n) is 7.27. The molecule has 0 bridgehead atoms. The summed E-state index contributed by atoms with van der Waals surface area (Å²) in [5.74, 6) is -3.92.